The molecule has 0 bridgehead atoms. The first-order chi connectivity index (χ1) is 12.6. The van der Waals surface area contributed by atoms with Crippen LogP contribution in [0.4, 0.5) is 10.1 Å². The van der Waals surface area contributed by atoms with Crippen LogP contribution in [0, 0.1) is 11.7 Å². The molecule has 1 N–H and O–H groups in total. The molecular formula is C20H21FN2O3. The summed E-state index contributed by atoms with van der Waals surface area (Å²) in [5.41, 5.74) is 1.31. The first kappa shape index (κ1) is 17.9. The second-order valence-corrected chi connectivity index (χ2v) is 6.25. The fraction of sp³-hybridized carbons (Fsp3) is 0.300. The Morgan fingerprint density at radius 3 is 2.65 bits per heavy atom. The van der Waals surface area contributed by atoms with E-state index in [-0.39, 0.29) is 30.5 Å². The Morgan fingerprint density at radius 1 is 1.23 bits per heavy atom. The molecule has 0 aliphatic carbocycles. The highest BCUT2D eigenvalue weighted by Gasteiger charge is 2.35. The monoisotopic (exact) mass is 356 g/mol. The van der Waals surface area contributed by atoms with Crippen molar-refractivity contribution >= 4 is 17.5 Å². The SMILES string of the molecule is COc1ccc(CCNC(=O)C2CC(=O)N(c3ccccc3F)C2)cc1. The van der Waals surface area contributed by atoms with Crippen molar-refractivity contribution in [1.29, 1.82) is 0 Å². The van der Waals surface area contributed by atoms with Gasteiger partial charge in [0.2, 0.25) is 11.8 Å². The Hall–Kier alpha value is -2.89. The number of anilines is 1. The number of hydrogen-bond acceptors (Lipinski definition) is 3. The number of amides is 2. The molecule has 1 atom stereocenters. The lowest BCUT2D eigenvalue weighted by molar-refractivity contribution is -0.126. The maximum Gasteiger partial charge on any atom is 0.227 e. The lowest BCUT2D eigenvalue weighted by Crippen LogP contribution is -2.34. The minimum atomic E-state index is -0.460. The number of methoxy groups -OCH3 is 1. The summed E-state index contributed by atoms with van der Waals surface area (Å²) in [6.07, 6.45) is 0.788. The summed E-state index contributed by atoms with van der Waals surface area (Å²) in [6.45, 7) is 0.684. The van der Waals surface area contributed by atoms with Crippen LogP contribution in [0.25, 0.3) is 0 Å². The van der Waals surface area contributed by atoms with E-state index >= 15 is 0 Å². The van der Waals surface area contributed by atoms with Crippen LogP contribution in [0.5, 0.6) is 5.75 Å². The number of nitrogens with one attached hydrogen (secondary N) is 1. The van der Waals surface area contributed by atoms with Gasteiger partial charge in [0.25, 0.3) is 0 Å². The molecule has 2 aromatic rings. The third kappa shape index (κ3) is 4.02. The molecule has 3 rings (SSSR count). The van der Waals surface area contributed by atoms with Gasteiger partial charge >= 0.3 is 0 Å². The number of ether oxygens (including phenoxy) is 1. The van der Waals surface area contributed by atoms with Crippen LogP contribution < -0.4 is 15.0 Å². The molecule has 0 radical (unpaired) electrons. The second-order valence-electron chi connectivity index (χ2n) is 6.25. The van der Waals surface area contributed by atoms with E-state index in [0.717, 1.165) is 11.3 Å². The summed E-state index contributed by atoms with van der Waals surface area (Å²) in [6, 6.07) is 13.8. The molecule has 0 saturated carbocycles. The van der Waals surface area contributed by atoms with Crippen molar-refractivity contribution < 1.29 is 18.7 Å². The Balaban J connectivity index is 1.52. The summed E-state index contributed by atoms with van der Waals surface area (Å²) in [4.78, 5) is 25.9. The summed E-state index contributed by atoms with van der Waals surface area (Å²) >= 11 is 0. The Bertz CT molecular complexity index is 792. The van der Waals surface area contributed by atoms with Gasteiger partial charge < -0.3 is 15.0 Å². The number of carbonyl (C=O) groups excluding carboxylic acids is 2. The van der Waals surface area contributed by atoms with Gasteiger partial charge in [-0.1, -0.05) is 24.3 Å². The number of halogens is 1. The van der Waals surface area contributed by atoms with Gasteiger partial charge in [-0.25, -0.2) is 4.39 Å². The van der Waals surface area contributed by atoms with Crippen LogP contribution in [-0.4, -0.2) is 32.0 Å². The summed E-state index contributed by atoms with van der Waals surface area (Å²) in [5, 5.41) is 2.87. The number of rotatable bonds is 6. The summed E-state index contributed by atoms with van der Waals surface area (Å²) in [5.74, 6) is -0.536. The summed E-state index contributed by atoms with van der Waals surface area (Å²) < 4.78 is 19.0. The first-order valence-corrected chi connectivity index (χ1v) is 8.54. The van der Waals surface area contributed by atoms with Crippen molar-refractivity contribution in [2.75, 3.05) is 25.1 Å². The lowest BCUT2D eigenvalue weighted by atomic mass is 10.1. The van der Waals surface area contributed by atoms with Gasteiger partial charge in [-0.15, -0.1) is 0 Å². The van der Waals surface area contributed by atoms with Crippen molar-refractivity contribution in [3.8, 4) is 5.75 Å². The lowest BCUT2D eigenvalue weighted by Gasteiger charge is -2.17. The quantitative estimate of drug-likeness (QED) is 0.865. The Morgan fingerprint density at radius 2 is 1.96 bits per heavy atom. The van der Waals surface area contributed by atoms with Crippen molar-refractivity contribution in [1.82, 2.24) is 5.32 Å². The Kier molecular flexibility index (Phi) is 5.51. The van der Waals surface area contributed by atoms with Gasteiger partial charge in [0.1, 0.15) is 11.6 Å². The van der Waals surface area contributed by atoms with Crippen LogP contribution in [0.2, 0.25) is 0 Å². The van der Waals surface area contributed by atoms with Crippen molar-refractivity contribution in [2.45, 2.75) is 12.8 Å². The molecule has 0 spiro atoms. The first-order valence-electron chi connectivity index (χ1n) is 8.54. The average Bonchev–Trinajstić information content (AvgIpc) is 3.04. The van der Waals surface area contributed by atoms with E-state index in [4.69, 9.17) is 4.74 Å². The maximum atomic E-state index is 13.9. The predicted molar refractivity (Wildman–Crippen MR) is 96.6 cm³/mol. The van der Waals surface area contributed by atoms with Gasteiger partial charge in [-0.2, -0.15) is 0 Å². The van der Waals surface area contributed by atoms with E-state index in [2.05, 4.69) is 5.32 Å². The van der Waals surface area contributed by atoms with Gasteiger partial charge in [0.05, 0.1) is 18.7 Å². The van der Waals surface area contributed by atoms with E-state index in [0.29, 0.717) is 13.0 Å². The van der Waals surface area contributed by atoms with Crippen LogP contribution in [0.15, 0.2) is 48.5 Å². The van der Waals surface area contributed by atoms with Crippen molar-refractivity contribution in [2.24, 2.45) is 5.92 Å². The molecule has 1 unspecified atom stereocenters. The highest BCUT2D eigenvalue weighted by molar-refractivity contribution is 6.00. The smallest absolute Gasteiger partial charge is 0.227 e. The molecule has 26 heavy (non-hydrogen) atoms. The fourth-order valence-corrected chi connectivity index (χ4v) is 3.05. The fourth-order valence-electron chi connectivity index (χ4n) is 3.05. The average molecular weight is 356 g/mol. The largest absolute Gasteiger partial charge is 0.497 e. The molecule has 0 aromatic heterocycles. The van der Waals surface area contributed by atoms with Crippen molar-refractivity contribution in [3.05, 3.63) is 59.9 Å². The third-order valence-electron chi connectivity index (χ3n) is 4.51. The number of para-hydroxylation sites is 1. The normalized spacial score (nSPS) is 16.6. The highest BCUT2D eigenvalue weighted by Crippen LogP contribution is 2.27. The molecule has 2 aromatic carbocycles. The van der Waals surface area contributed by atoms with Gasteiger partial charge in [0.15, 0.2) is 0 Å². The third-order valence-corrected chi connectivity index (χ3v) is 4.51. The Labute approximate surface area is 151 Å². The zero-order valence-corrected chi connectivity index (χ0v) is 14.6. The van der Waals surface area contributed by atoms with E-state index < -0.39 is 11.7 Å². The standard InChI is InChI=1S/C20H21FN2O3/c1-26-16-8-6-14(7-9-16)10-11-22-20(25)15-12-19(24)23(13-15)18-5-3-2-4-17(18)21/h2-9,15H,10-13H2,1H3,(H,22,25). The molecular weight excluding hydrogens is 335 g/mol. The number of benzene rings is 2. The zero-order valence-electron chi connectivity index (χ0n) is 14.6. The molecule has 1 aliphatic rings. The minimum Gasteiger partial charge on any atom is -0.497 e. The molecule has 1 heterocycles. The maximum absolute atomic E-state index is 13.9. The summed E-state index contributed by atoms with van der Waals surface area (Å²) in [7, 11) is 1.61. The van der Waals surface area contributed by atoms with Crippen LogP contribution in [-0.2, 0) is 16.0 Å². The topological polar surface area (TPSA) is 58.6 Å². The van der Waals surface area contributed by atoms with Gasteiger partial charge in [-0.3, -0.25) is 9.59 Å². The van der Waals surface area contributed by atoms with E-state index in [1.54, 1.807) is 25.3 Å². The zero-order chi connectivity index (χ0) is 18.5. The molecule has 2 amide bonds. The van der Waals surface area contributed by atoms with Gasteiger partial charge in [0, 0.05) is 19.5 Å². The number of carbonyl (C=O) groups is 2. The molecule has 6 heteroatoms. The molecule has 136 valence electrons. The van der Waals surface area contributed by atoms with Gasteiger partial charge in [-0.05, 0) is 36.2 Å². The highest BCUT2D eigenvalue weighted by atomic mass is 19.1. The second kappa shape index (κ2) is 7.99. The molecule has 1 fully saturated rings. The van der Waals surface area contributed by atoms with E-state index in [9.17, 15) is 14.0 Å². The number of hydrogen-bond donors (Lipinski definition) is 1. The molecule has 1 aliphatic heterocycles. The molecule has 1 saturated heterocycles. The molecule has 5 nitrogen and oxygen atoms in total. The van der Waals surface area contributed by atoms with Crippen LogP contribution >= 0.6 is 0 Å². The van der Waals surface area contributed by atoms with E-state index in [1.807, 2.05) is 24.3 Å². The van der Waals surface area contributed by atoms with Crippen LogP contribution in [0.3, 0.4) is 0 Å². The van der Waals surface area contributed by atoms with Crippen molar-refractivity contribution in [3.63, 3.8) is 0 Å². The predicted octanol–water partition coefficient (Wildman–Crippen LogP) is 2.55. The number of nitrogens with zero attached hydrogens (tertiary/aromatic N) is 1. The van der Waals surface area contributed by atoms with E-state index in [1.165, 1.54) is 11.0 Å². The van der Waals surface area contributed by atoms with Crippen LogP contribution in [0.1, 0.15) is 12.0 Å². The minimum absolute atomic E-state index is 0.0999.